The van der Waals surface area contributed by atoms with Crippen LogP contribution in [0.15, 0.2) is 12.1 Å². The van der Waals surface area contributed by atoms with Crippen molar-refractivity contribution in [3.05, 3.63) is 23.4 Å². The highest BCUT2D eigenvalue weighted by molar-refractivity contribution is 5.89. The summed E-state index contributed by atoms with van der Waals surface area (Å²) in [6.45, 7) is 6.58. The number of nitrogens with one attached hydrogen (secondary N) is 1. The maximum Gasteiger partial charge on any atom is 0.337 e. The monoisotopic (exact) mass is 292 g/mol. The number of carboxylic acids is 1. The number of nitrogens with zero attached hydrogens (tertiary/aromatic N) is 1. The smallest absolute Gasteiger partial charge is 0.337 e. The van der Waals surface area contributed by atoms with E-state index in [1.807, 2.05) is 0 Å². The second kappa shape index (κ2) is 5.64. The molecule has 5 heteroatoms. The predicted octanol–water partition coefficient (Wildman–Crippen LogP) is 2.83. The van der Waals surface area contributed by atoms with Gasteiger partial charge in [-0.25, -0.2) is 9.78 Å². The zero-order valence-corrected chi connectivity index (χ0v) is 12.9. The average molecular weight is 292 g/mol. The molecule has 0 spiro atoms. The Morgan fingerprint density at radius 1 is 1.29 bits per heavy atom. The van der Waals surface area contributed by atoms with Crippen LogP contribution in [-0.2, 0) is 0 Å². The summed E-state index contributed by atoms with van der Waals surface area (Å²) in [4.78, 5) is 15.2. The van der Waals surface area contributed by atoms with Crippen molar-refractivity contribution < 1.29 is 15.0 Å². The van der Waals surface area contributed by atoms with Gasteiger partial charge in [0.1, 0.15) is 5.82 Å². The Morgan fingerprint density at radius 3 is 2.43 bits per heavy atom. The number of aliphatic hydroxyl groups is 1. The summed E-state index contributed by atoms with van der Waals surface area (Å²) in [5, 5.41) is 22.7. The quantitative estimate of drug-likeness (QED) is 0.795. The largest absolute Gasteiger partial charge is 0.478 e. The Hall–Kier alpha value is -1.62. The molecule has 0 amide bonds. The average Bonchev–Trinajstić information content (AvgIpc) is 2.40. The van der Waals surface area contributed by atoms with E-state index in [1.54, 1.807) is 19.1 Å². The van der Waals surface area contributed by atoms with Gasteiger partial charge >= 0.3 is 5.97 Å². The first-order valence-electron chi connectivity index (χ1n) is 7.38. The SMILES string of the molecule is Cc1nc(NCC2(O)CCC(C)(C)CC2)ccc1C(=O)O. The van der Waals surface area contributed by atoms with E-state index in [9.17, 15) is 9.90 Å². The summed E-state index contributed by atoms with van der Waals surface area (Å²) in [6, 6.07) is 3.19. The molecule has 1 aromatic heterocycles. The van der Waals surface area contributed by atoms with E-state index >= 15 is 0 Å². The molecule has 0 bridgehead atoms. The van der Waals surface area contributed by atoms with Crippen molar-refractivity contribution >= 4 is 11.8 Å². The van der Waals surface area contributed by atoms with Gasteiger partial charge in [0.15, 0.2) is 0 Å². The van der Waals surface area contributed by atoms with Crippen LogP contribution in [0.2, 0.25) is 0 Å². The van der Waals surface area contributed by atoms with E-state index in [0.717, 1.165) is 25.7 Å². The fraction of sp³-hybridized carbons (Fsp3) is 0.625. The van der Waals surface area contributed by atoms with Gasteiger partial charge in [-0.2, -0.15) is 0 Å². The number of pyridine rings is 1. The number of hydrogen-bond donors (Lipinski definition) is 3. The highest BCUT2D eigenvalue weighted by atomic mass is 16.4. The molecule has 1 aliphatic carbocycles. The second-order valence-corrected chi connectivity index (χ2v) is 6.88. The molecule has 0 radical (unpaired) electrons. The Labute approximate surface area is 125 Å². The van der Waals surface area contributed by atoms with E-state index in [2.05, 4.69) is 24.1 Å². The summed E-state index contributed by atoms with van der Waals surface area (Å²) >= 11 is 0. The first-order valence-corrected chi connectivity index (χ1v) is 7.38. The first-order chi connectivity index (χ1) is 9.71. The lowest BCUT2D eigenvalue weighted by atomic mass is 9.71. The van der Waals surface area contributed by atoms with Crippen LogP contribution in [0.1, 0.15) is 55.6 Å². The Morgan fingerprint density at radius 2 is 1.90 bits per heavy atom. The lowest BCUT2D eigenvalue weighted by Crippen LogP contribution is -2.42. The molecule has 3 N–H and O–H groups in total. The van der Waals surface area contributed by atoms with Gasteiger partial charge in [-0.15, -0.1) is 0 Å². The standard InChI is InChI=1S/C16H24N2O3/c1-11-12(14(19)20)4-5-13(18-11)17-10-16(21)8-6-15(2,3)7-9-16/h4-5,21H,6-10H2,1-3H3,(H,17,18)(H,19,20). The van der Waals surface area contributed by atoms with Crippen LogP contribution >= 0.6 is 0 Å². The number of rotatable bonds is 4. The Bertz CT molecular complexity index is 530. The van der Waals surface area contributed by atoms with Gasteiger partial charge in [0, 0.05) is 6.54 Å². The Balaban J connectivity index is 1.97. The van der Waals surface area contributed by atoms with Gasteiger partial charge in [0.05, 0.1) is 16.9 Å². The first kappa shape index (κ1) is 15.8. The summed E-state index contributed by atoms with van der Waals surface area (Å²) in [5.41, 5.74) is 0.295. The van der Waals surface area contributed by atoms with Crippen LogP contribution in [0, 0.1) is 12.3 Å². The molecule has 0 saturated heterocycles. The summed E-state index contributed by atoms with van der Waals surface area (Å²) in [5.74, 6) is -0.365. The minimum Gasteiger partial charge on any atom is -0.478 e. The highest BCUT2D eigenvalue weighted by Gasteiger charge is 2.36. The molecular weight excluding hydrogens is 268 g/mol. The van der Waals surface area contributed by atoms with Crippen LogP contribution in [0.25, 0.3) is 0 Å². The molecule has 2 rings (SSSR count). The molecule has 0 atom stereocenters. The van der Waals surface area contributed by atoms with E-state index in [1.165, 1.54) is 0 Å². The highest BCUT2D eigenvalue weighted by Crippen LogP contribution is 2.40. The minimum atomic E-state index is -0.973. The second-order valence-electron chi connectivity index (χ2n) is 6.88. The number of aromatic carboxylic acids is 1. The molecular formula is C16H24N2O3. The third kappa shape index (κ3) is 3.94. The normalized spacial score (nSPS) is 20.0. The van der Waals surface area contributed by atoms with Crippen LogP contribution < -0.4 is 5.32 Å². The molecule has 0 aromatic carbocycles. The fourth-order valence-corrected chi connectivity index (χ4v) is 2.71. The maximum atomic E-state index is 10.9. The number of carbonyl (C=O) groups is 1. The van der Waals surface area contributed by atoms with Crippen LogP contribution in [0.5, 0.6) is 0 Å². The molecule has 1 aliphatic rings. The van der Waals surface area contributed by atoms with Crippen LogP contribution in [0.3, 0.4) is 0 Å². The van der Waals surface area contributed by atoms with Crippen molar-refractivity contribution in [2.45, 2.75) is 52.1 Å². The molecule has 0 unspecified atom stereocenters. The summed E-state index contributed by atoms with van der Waals surface area (Å²) in [7, 11) is 0. The third-order valence-electron chi connectivity index (χ3n) is 4.45. The number of carboxylic acid groups (broad SMARTS) is 1. The van der Waals surface area contributed by atoms with Crippen molar-refractivity contribution in [3.63, 3.8) is 0 Å². The molecule has 1 fully saturated rings. The van der Waals surface area contributed by atoms with Gasteiger partial charge in [-0.3, -0.25) is 0 Å². The maximum absolute atomic E-state index is 10.9. The molecule has 116 valence electrons. The molecule has 0 aliphatic heterocycles. The van der Waals surface area contributed by atoms with Gasteiger partial charge in [0.25, 0.3) is 0 Å². The van der Waals surface area contributed by atoms with Crippen molar-refractivity contribution in [1.29, 1.82) is 0 Å². The molecule has 5 nitrogen and oxygen atoms in total. The van der Waals surface area contributed by atoms with E-state index in [4.69, 9.17) is 5.11 Å². The van der Waals surface area contributed by atoms with E-state index in [-0.39, 0.29) is 5.56 Å². The predicted molar refractivity (Wildman–Crippen MR) is 81.6 cm³/mol. The Kier molecular flexibility index (Phi) is 4.23. The minimum absolute atomic E-state index is 0.207. The number of aromatic nitrogens is 1. The molecule has 1 aromatic rings. The van der Waals surface area contributed by atoms with Gasteiger partial charge in [-0.1, -0.05) is 13.8 Å². The lowest BCUT2D eigenvalue weighted by molar-refractivity contribution is -0.0145. The van der Waals surface area contributed by atoms with E-state index in [0.29, 0.717) is 23.5 Å². The van der Waals surface area contributed by atoms with Gasteiger partial charge in [0.2, 0.25) is 0 Å². The number of hydrogen-bond acceptors (Lipinski definition) is 4. The summed E-state index contributed by atoms with van der Waals surface area (Å²) < 4.78 is 0. The molecule has 21 heavy (non-hydrogen) atoms. The van der Waals surface area contributed by atoms with Crippen LogP contribution in [-0.4, -0.2) is 33.3 Å². The van der Waals surface area contributed by atoms with Crippen LogP contribution in [0.4, 0.5) is 5.82 Å². The van der Waals surface area contributed by atoms with E-state index < -0.39 is 11.6 Å². The zero-order chi connectivity index (χ0) is 15.7. The lowest BCUT2D eigenvalue weighted by Gasteiger charge is -2.40. The van der Waals surface area contributed by atoms with Crippen molar-refractivity contribution in [2.75, 3.05) is 11.9 Å². The van der Waals surface area contributed by atoms with Crippen molar-refractivity contribution in [2.24, 2.45) is 5.41 Å². The number of anilines is 1. The number of aryl methyl sites for hydroxylation is 1. The topological polar surface area (TPSA) is 82.5 Å². The molecule has 1 heterocycles. The summed E-state index contributed by atoms with van der Waals surface area (Å²) in [6.07, 6.45) is 3.57. The van der Waals surface area contributed by atoms with Gasteiger partial charge < -0.3 is 15.5 Å². The van der Waals surface area contributed by atoms with Crippen molar-refractivity contribution in [3.8, 4) is 0 Å². The van der Waals surface area contributed by atoms with Crippen molar-refractivity contribution in [1.82, 2.24) is 4.98 Å². The fourth-order valence-electron chi connectivity index (χ4n) is 2.71. The molecule has 1 saturated carbocycles. The third-order valence-corrected chi connectivity index (χ3v) is 4.45. The van der Waals surface area contributed by atoms with Gasteiger partial charge in [-0.05, 0) is 50.2 Å². The zero-order valence-electron chi connectivity index (χ0n) is 12.9.